The smallest absolute Gasteiger partial charge is 0.407 e. The molecule has 19 heavy (non-hydrogen) atoms. The van der Waals surface area contributed by atoms with E-state index in [2.05, 4.69) is 5.32 Å². The van der Waals surface area contributed by atoms with Gasteiger partial charge in [-0.15, -0.1) is 0 Å². The van der Waals surface area contributed by atoms with E-state index < -0.39 is 29.2 Å². The Labute approximate surface area is 111 Å². The van der Waals surface area contributed by atoms with E-state index >= 15 is 0 Å². The molecule has 1 amide bonds. The van der Waals surface area contributed by atoms with Crippen molar-refractivity contribution in [3.05, 3.63) is 35.6 Å². The summed E-state index contributed by atoms with van der Waals surface area (Å²) in [6.45, 7) is 5.21. The van der Waals surface area contributed by atoms with Crippen LogP contribution < -0.4 is 5.32 Å². The average molecular weight is 269 g/mol. The van der Waals surface area contributed by atoms with Gasteiger partial charge >= 0.3 is 6.09 Å². The van der Waals surface area contributed by atoms with E-state index in [0.29, 0.717) is 5.56 Å². The lowest BCUT2D eigenvalue weighted by Crippen LogP contribution is -2.35. The van der Waals surface area contributed by atoms with Crippen LogP contribution in [0.2, 0.25) is 0 Å². The highest BCUT2D eigenvalue weighted by Crippen LogP contribution is 2.49. The molecule has 1 fully saturated rings. The van der Waals surface area contributed by atoms with Gasteiger partial charge in [0, 0.05) is 6.42 Å². The number of rotatable bonds is 2. The van der Waals surface area contributed by atoms with Gasteiger partial charge in [0.15, 0.2) is 5.67 Å². The van der Waals surface area contributed by atoms with Crippen molar-refractivity contribution in [2.24, 2.45) is 0 Å². The second-order valence-electron chi connectivity index (χ2n) is 5.77. The van der Waals surface area contributed by atoms with Crippen LogP contribution in [0, 0.1) is 5.82 Å². The summed E-state index contributed by atoms with van der Waals surface area (Å²) in [4.78, 5) is 11.5. The largest absolute Gasteiger partial charge is 0.444 e. The van der Waals surface area contributed by atoms with Gasteiger partial charge in [-0.3, -0.25) is 0 Å². The first-order valence-corrected chi connectivity index (χ1v) is 6.15. The van der Waals surface area contributed by atoms with Crippen molar-refractivity contribution in [3.63, 3.8) is 0 Å². The second kappa shape index (κ2) is 4.47. The van der Waals surface area contributed by atoms with Crippen molar-refractivity contribution in [2.45, 2.75) is 44.5 Å². The van der Waals surface area contributed by atoms with Crippen molar-refractivity contribution >= 4 is 6.09 Å². The summed E-state index contributed by atoms with van der Waals surface area (Å²) >= 11 is 0. The molecule has 1 aromatic carbocycles. The maximum atomic E-state index is 14.4. The minimum absolute atomic E-state index is 0.178. The highest BCUT2D eigenvalue weighted by molar-refractivity contribution is 5.69. The number of ether oxygens (including phenoxy) is 1. The van der Waals surface area contributed by atoms with Crippen molar-refractivity contribution in [1.82, 2.24) is 5.32 Å². The molecule has 0 aromatic heterocycles. The number of benzene rings is 1. The van der Waals surface area contributed by atoms with Gasteiger partial charge in [-0.25, -0.2) is 13.6 Å². The van der Waals surface area contributed by atoms with E-state index in [-0.39, 0.29) is 6.42 Å². The number of amides is 1. The Kier molecular flexibility index (Phi) is 3.24. The Morgan fingerprint density at radius 3 is 2.47 bits per heavy atom. The molecule has 1 aromatic rings. The molecule has 104 valence electrons. The molecule has 0 bridgehead atoms. The van der Waals surface area contributed by atoms with Crippen molar-refractivity contribution in [1.29, 1.82) is 0 Å². The van der Waals surface area contributed by atoms with Crippen LogP contribution in [-0.2, 0) is 10.4 Å². The number of hydrogen-bond donors (Lipinski definition) is 1. The summed E-state index contributed by atoms with van der Waals surface area (Å²) in [5.74, 6) is -0.412. The number of alkyl carbamates (subject to hydrolysis) is 1. The van der Waals surface area contributed by atoms with E-state index in [9.17, 15) is 13.6 Å². The molecule has 1 N–H and O–H groups in total. The fourth-order valence-electron chi connectivity index (χ4n) is 1.90. The van der Waals surface area contributed by atoms with E-state index in [1.807, 2.05) is 0 Å². The lowest BCUT2D eigenvalue weighted by Gasteiger charge is -2.20. The summed E-state index contributed by atoms with van der Waals surface area (Å²) in [6, 6.07) is 4.59. The molecule has 2 atom stereocenters. The molecule has 0 heterocycles. The van der Waals surface area contributed by atoms with Crippen LogP contribution in [0.5, 0.6) is 0 Å². The second-order valence-corrected chi connectivity index (χ2v) is 5.77. The number of hydrogen-bond acceptors (Lipinski definition) is 2. The molecule has 5 heteroatoms. The van der Waals surface area contributed by atoms with E-state index in [0.717, 1.165) is 0 Å². The molecule has 1 aliphatic carbocycles. The van der Waals surface area contributed by atoms with Gasteiger partial charge < -0.3 is 10.1 Å². The predicted molar refractivity (Wildman–Crippen MR) is 67.0 cm³/mol. The third kappa shape index (κ3) is 3.22. The van der Waals surface area contributed by atoms with Gasteiger partial charge in [0.2, 0.25) is 0 Å². The lowest BCUT2D eigenvalue weighted by atomic mass is 10.1. The lowest BCUT2D eigenvalue weighted by molar-refractivity contribution is 0.0511. The van der Waals surface area contributed by atoms with Gasteiger partial charge in [-0.2, -0.15) is 0 Å². The zero-order valence-corrected chi connectivity index (χ0v) is 11.2. The van der Waals surface area contributed by atoms with Crippen LogP contribution in [0.1, 0.15) is 32.8 Å². The molecule has 0 aliphatic heterocycles. The summed E-state index contributed by atoms with van der Waals surface area (Å²) in [5, 5.41) is 2.48. The Morgan fingerprint density at radius 2 is 1.95 bits per heavy atom. The average Bonchev–Trinajstić information content (AvgIpc) is 2.88. The van der Waals surface area contributed by atoms with Crippen LogP contribution in [0.3, 0.4) is 0 Å². The standard InChI is InChI=1S/C14H17F2NO2/c1-13(2,3)19-12(18)17-11-8-14(11,16)9-4-6-10(15)7-5-9/h4-7,11H,8H2,1-3H3,(H,17,18)/t11-,14+/m1/s1. The maximum Gasteiger partial charge on any atom is 0.407 e. The van der Waals surface area contributed by atoms with Gasteiger partial charge in [0.25, 0.3) is 0 Å². The van der Waals surface area contributed by atoms with Gasteiger partial charge in [-0.1, -0.05) is 12.1 Å². The molecule has 0 unspecified atom stereocenters. The van der Waals surface area contributed by atoms with Crippen LogP contribution >= 0.6 is 0 Å². The topological polar surface area (TPSA) is 38.3 Å². The third-order valence-electron chi connectivity index (χ3n) is 2.91. The van der Waals surface area contributed by atoms with Crippen molar-refractivity contribution < 1.29 is 18.3 Å². The monoisotopic (exact) mass is 269 g/mol. The van der Waals surface area contributed by atoms with Crippen molar-refractivity contribution in [2.75, 3.05) is 0 Å². The summed E-state index contributed by atoms with van der Waals surface area (Å²) < 4.78 is 32.3. The highest BCUT2D eigenvalue weighted by atomic mass is 19.1. The number of halogens is 2. The summed E-state index contributed by atoms with van der Waals surface area (Å²) in [6.07, 6.45) is -0.461. The van der Waals surface area contributed by atoms with E-state index in [4.69, 9.17) is 4.74 Å². The van der Waals surface area contributed by atoms with Gasteiger partial charge in [0.05, 0.1) is 6.04 Å². The third-order valence-corrected chi connectivity index (χ3v) is 2.91. The SMILES string of the molecule is CC(C)(C)OC(=O)N[C@@H]1C[C@]1(F)c1ccc(F)cc1. The Balaban J connectivity index is 1.96. The molecule has 0 saturated heterocycles. The fourth-order valence-corrected chi connectivity index (χ4v) is 1.90. The number of carbonyl (C=O) groups excluding carboxylic acids is 1. The molecule has 0 radical (unpaired) electrons. The first kappa shape index (κ1) is 13.8. The van der Waals surface area contributed by atoms with E-state index in [1.165, 1.54) is 24.3 Å². The normalized spacial score (nSPS) is 25.8. The molecule has 1 aliphatic rings. The molecular weight excluding hydrogens is 252 g/mol. The predicted octanol–water partition coefficient (Wildman–Crippen LogP) is 3.29. The summed E-state index contributed by atoms with van der Waals surface area (Å²) in [5.41, 5.74) is -1.87. The fraction of sp³-hybridized carbons (Fsp3) is 0.500. The quantitative estimate of drug-likeness (QED) is 0.894. The Morgan fingerprint density at radius 1 is 1.37 bits per heavy atom. The minimum atomic E-state index is -1.62. The molecule has 1 saturated carbocycles. The molecule has 0 spiro atoms. The highest BCUT2D eigenvalue weighted by Gasteiger charge is 2.58. The molecular formula is C14H17F2NO2. The van der Waals surface area contributed by atoms with E-state index in [1.54, 1.807) is 20.8 Å². The molecule has 3 nitrogen and oxygen atoms in total. The zero-order valence-electron chi connectivity index (χ0n) is 11.2. The number of alkyl halides is 1. The first-order chi connectivity index (χ1) is 8.71. The summed E-state index contributed by atoms with van der Waals surface area (Å²) in [7, 11) is 0. The van der Waals surface area contributed by atoms with Crippen LogP contribution in [0.15, 0.2) is 24.3 Å². The maximum absolute atomic E-state index is 14.4. The minimum Gasteiger partial charge on any atom is -0.444 e. The first-order valence-electron chi connectivity index (χ1n) is 6.15. The molecule has 2 rings (SSSR count). The zero-order chi connectivity index (χ0) is 14.3. The van der Waals surface area contributed by atoms with Crippen molar-refractivity contribution in [3.8, 4) is 0 Å². The van der Waals surface area contributed by atoms with Crippen LogP contribution in [0.4, 0.5) is 13.6 Å². The van der Waals surface area contributed by atoms with Crippen LogP contribution in [0.25, 0.3) is 0 Å². The van der Waals surface area contributed by atoms with Gasteiger partial charge in [0.1, 0.15) is 11.4 Å². The number of nitrogens with one attached hydrogen (secondary N) is 1. The number of carbonyl (C=O) groups is 1. The Hall–Kier alpha value is -1.65. The Bertz CT molecular complexity index is 481. The van der Waals surface area contributed by atoms with Gasteiger partial charge in [-0.05, 0) is 38.5 Å². The van der Waals surface area contributed by atoms with Crippen LogP contribution in [-0.4, -0.2) is 17.7 Å².